The van der Waals surface area contributed by atoms with Crippen LogP contribution in [0.2, 0.25) is 5.02 Å². The van der Waals surface area contributed by atoms with E-state index in [2.05, 4.69) is 4.72 Å². The van der Waals surface area contributed by atoms with E-state index in [1.54, 1.807) is 0 Å². The SMILES string of the molecule is CS(=O)(=O)c1ccc(OCC2(CNS(=O)(=O)c3ccc(Cl)cc3)CC(O)C(O)C2)cc1. The molecule has 0 radical (unpaired) electrons. The molecule has 1 aliphatic carbocycles. The summed E-state index contributed by atoms with van der Waals surface area (Å²) in [5.41, 5.74) is -0.853. The summed E-state index contributed by atoms with van der Waals surface area (Å²) in [6.07, 6.45) is -0.629. The molecule has 1 aliphatic rings. The number of rotatable bonds is 8. The summed E-state index contributed by atoms with van der Waals surface area (Å²) in [6, 6.07) is 11.5. The molecule has 0 aliphatic heterocycles. The zero-order valence-corrected chi connectivity index (χ0v) is 19.1. The van der Waals surface area contributed by atoms with Crippen LogP contribution in [-0.4, -0.2) is 58.7 Å². The number of aliphatic hydroxyl groups is 2. The largest absolute Gasteiger partial charge is 0.493 e. The molecule has 3 N–H and O–H groups in total. The van der Waals surface area contributed by atoms with E-state index in [1.165, 1.54) is 48.5 Å². The standard InChI is InChI=1S/C20H24ClNO7S2/c1-30(25,26)16-8-4-15(5-9-16)29-13-20(10-18(23)19(24)11-20)12-22-31(27,28)17-6-2-14(21)3-7-17/h2-9,18-19,22-24H,10-13H2,1H3. The van der Waals surface area contributed by atoms with Gasteiger partial charge in [-0.1, -0.05) is 11.6 Å². The number of hydrogen-bond acceptors (Lipinski definition) is 7. The van der Waals surface area contributed by atoms with Gasteiger partial charge < -0.3 is 14.9 Å². The van der Waals surface area contributed by atoms with Crippen molar-refractivity contribution in [2.75, 3.05) is 19.4 Å². The number of ether oxygens (including phenoxy) is 1. The fourth-order valence-corrected chi connectivity index (χ4v) is 5.43. The Bertz CT molecular complexity index is 1110. The molecule has 2 unspecified atom stereocenters. The third-order valence-electron chi connectivity index (χ3n) is 5.29. The quantitative estimate of drug-likeness (QED) is 0.513. The van der Waals surface area contributed by atoms with Gasteiger partial charge in [0.15, 0.2) is 9.84 Å². The maximum Gasteiger partial charge on any atom is 0.240 e. The van der Waals surface area contributed by atoms with Gasteiger partial charge in [0.25, 0.3) is 0 Å². The van der Waals surface area contributed by atoms with Crippen molar-refractivity contribution < 1.29 is 31.8 Å². The van der Waals surface area contributed by atoms with Gasteiger partial charge in [-0.05, 0) is 61.4 Å². The number of aliphatic hydroxyl groups excluding tert-OH is 2. The Kier molecular flexibility index (Phi) is 6.99. The zero-order chi connectivity index (χ0) is 22.9. The van der Waals surface area contributed by atoms with Gasteiger partial charge in [0, 0.05) is 23.2 Å². The first-order chi connectivity index (χ1) is 14.4. The summed E-state index contributed by atoms with van der Waals surface area (Å²) in [6.45, 7) is -0.0457. The minimum atomic E-state index is -3.84. The van der Waals surface area contributed by atoms with Crippen molar-refractivity contribution in [3.8, 4) is 5.75 Å². The van der Waals surface area contributed by atoms with Crippen LogP contribution in [0.15, 0.2) is 58.3 Å². The maximum atomic E-state index is 12.6. The molecule has 11 heteroatoms. The Morgan fingerprint density at radius 1 is 0.968 bits per heavy atom. The van der Waals surface area contributed by atoms with Crippen LogP contribution in [0.4, 0.5) is 0 Å². The number of hydrogen-bond donors (Lipinski definition) is 3. The topological polar surface area (TPSA) is 130 Å². The molecule has 1 saturated carbocycles. The van der Waals surface area contributed by atoms with Crippen molar-refractivity contribution in [1.82, 2.24) is 4.72 Å². The van der Waals surface area contributed by atoms with Crippen molar-refractivity contribution in [2.45, 2.75) is 34.8 Å². The molecule has 0 saturated heterocycles. The van der Waals surface area contributed by atoms with Gasteiger partial charge in [-0.2, -0.15) is 0 Å². The summed E-state index contributed by atoms with van der Waals surface area (Å²) >= 11 is 5.81. The highest BCUT2D eigenvalue weighted by atomic mass is 35.5. The molecule has 8 nitrogen and oxygen atoms in total. The monoisotopic (exact) mass is 489 g/mol. The third-order valence-corrected chi connectivity index (χ3v) is 8.08. The second-order valence-corrected chi connectivity index (χ2v) is 12.1. The fourth-order valence-electron chi connectivity index (χ4n) is 3.52. The molecule has 31 heavy (non-hydrogen) atoms. The Morgan fingerprint density at radius 2 is 1.48 bits per heavy atom. The van der Waals surface area contributed by atoms with Crippen LogP contribution in [0, 0.1) is 5.41 Å². The summed E-state index contributed by atoms with van der Waals surface area (Å²) in [5, 5.41) is 20.5. The molecule has 1 fully saturated rings. The Morgan fingerprint density at radius 3 is 2.00 bits per heavy atom. The van der Waals surface area contributed by atoms with Gasteiger partial charge in [-0.3, -0.25) is 0 Å². The smallest absolute Gasteiger partial charge is 0.240 e. The van der Waals surface area contributed by atoms with E-state index in [0.717, 1.165) is 6.26 Å². The van der Waals surface area contributed by atoms with Crippen LogP contribution < -0.4 is 9.46 Å². The van der Waals surface area contributed by atoms with E-state index in [4.69, 9.17) is 16.3 Å². The zero-order valence-electron chi connectivity index (χ0n) is 16.7. The van der Waals surface area contributed by atoms with Crippen LogP contribution in [-0.2, 0) is 19.9 Å². The van der Waals surface area contributed by atoms with Gasteiger partial charge in [-0.25, -0.2) is 21.6 Å². The average Bonchev–Trinajstić information content (AvgIpc) is 2.99. The van der Waals surface area contributed by atoms with Gasteiger partial charge in [0.05, 0.1) is 28.6 Å². The van der Waals surface area contributed by atoms with Crippen LogP contribution >= 0.6 is 11.6 Å². The van der Waals surface area contributed by atoms with E-state index < -0.39 is 37.5 Å². The number of halogens is 1. The highest BCUT2D eigenvalue weighted by Gasteiger charge is 2.45. The molecule has 0 heterocycles. The van der Waals surface area contributed by atoms with Crippen molar-refractivity contribution in [2.24, 2.45) is 5.41 Å². The van der Waals surface area contributed by atoms with Crippen LogP contribution in [0.5, 0.6) is 5.75 Å². The summed E-state index contributed by atoms with van der Waals surface area (Å²) in [5.74, 6) is 0.392. The molecule has 0 spiro atoms. The average molecular weight is 490 g/mol. The predicted molar refractivity (Wildman–Crippen MR) is 115 cm³/mol. The van der Waals surface area contributed by atoms with Crippen LogP contribution in [0.25, 0.3) is 0 Å². The first kappa shape index (κ1) is 24.0. The second-order valence-electron chi connectivity index (χ2n) is 7.85. The molecule has 3 rings (SSSR count). The highest BCUT2D eigenvalue weighted by Crippen LogP contribution is 2.39. The van der Waals surface area contributed by atoms with Gasteiger partial charge >= 0.3 is 0 Å². The lowest BCUT2D eigenvalue weighted by Crippen LogP contribution is -2.40. The van der Waals surface area contributed by atoms with E-state index >= 15 is 0 Å². The van der Waals surface area contributed by atoms with Crippen molar-refractivity contribution in [3.05, 3.63) is 53.6 Å². The number of sulfone groups is 1. The molecular weight excluding hydrogens is 466 g/mol. The maximum absolute atomic E-state index is 12.6. The minimum Gasteiger partial charge on any atom is -0.493 e. The van der Waals surface area contributed by atoms with Crippen molar-refractivity contribution >= 4 is 31.5 Å². The number of benzene rings is 2. The number of sulfonamides is 1. The van der Waals surface area contributed by atoms with E-state index in [-0.39, 0.29) is 35.8 Å². The minimum absolute atomic E-state index is 0.0163. The summed E-state index contributed by atoms with van der Waals surface area (Å²) in [4.78, 5) is 0.195. The molecule has 2 atom stereocenters. The van der Waals surface area contributed by atoms with E-state index in [0.29, 0.717) is 10.8 Å². The van der Waals surface area contributed by atoms with Gasteiger partial charge in [0.2, 0.25) is 10.0 Å². The lowest BCUT2D eigenvalue weighted by atomic mass is 9.87. The van der Waals surface area contributed by atoms with E-state index in [1.807, 2.05) is 0 Å². The summed E-state index contributed by atoms with van der Waals surface area (Å²) < 4.78 is 56.7. The first-order valence-corrected chi connectivity index (χ1v) is 13.2. The molecule has 0 amide bonds. The Hall–Kier alpha value is -1.69. The van der Waals surface area contributed by atoms with E-state index in [9.17, 15) is 27.0 Å². The number of nitrogens with one attached hydrogen (secondary N) is 1. The molecule has 2 aromatic rings. The lowest BCUT2D eigenvalue weighted by Gasteiger charge is -2.29. The molecule has 170 valence electrons. The Balaban J connectivity index is 1.73. The normalized spacial score (nSPS) is 24.3. The fraction of sp³-hybridized carbons (Fsp3) is 0.400. The lowest BCUT2D eigenvalue weighted by molar-refractivity contribution is 0.0438. The highest BCUT2D eigenvalue weighted by molar-refractivity contribution is 7.90. The molecular formula is C20H24ClNO7S2. The third kappa shape index (κ3) is 5.97. The molecule has 0 aromatic heterocycles. The first-order valence-electron chi connectivity index (χ1n) is 9.45. The van der Waals surface area contributed by atoms with Crippen LogP contribution in [0.3, 0.4) is 0 Å². The van der Waals surface area contributed by atoms with Crippen molar-refractivity contribution in [3.63, 3.8) is 0 Å². The van der Waals surface area contributed by atoms with Gasteiger partial charge in [0.1, 0.15) is 5.75 Å². The molecule has 0 bridgehead atoms. The Labute approximate surface area is 186 Å². The van der Waals surface area contributed by atoms with Crippen molar-refractivity contribution in [1.29, 1.82) is 0 Å². The summed E-state index contributed by atoms with van der Waals surface area (Å²) in [7, 11) is -7.17. The predicted octanol–water partition coefficient (Wildman–Crippen LogP) is 1.60. The second kappa shape index (κ2) is 9.05. The van der Waals surface area contributed by atoms with Gasteiger partial charge in [-0.15, -0.1) is 0 Å². The van der Waals surface area contributed by atoms with Crippen LogP contribution in [0.1, 0.15) is 12.8 Å². The molecule has 2 aromatic carbocycles.